The highest BCUT2D eigenvalue weighted by Gasteiger charge is 2.01. The van der Waals surface area contributed by atoms with Crippen molar-refractivity contribution in [2.75, 3.05) is 0 Å². The zero-order chi connectivity index (χ0) is 8.81. The molecule has 0 aliphatic carbocycles. The van der Waals surface area contributed by atoms with E-state index in [0.717, 1.165) is 23.3 Å². The first-order valence-electron chi connectivity index (χ1n) is 4.51. The largest absolute Gasteiger partial charge is 0.619 e. The molecule has 2 nitrogen and oxygen atoms in total. The van der Waals surface area contributed by atoms with E-state index in [1.807, 2.05) is 12.1 Å². The Bertz CT molecular complexity index is 235. The van der Waals surface area contributed by atoms with E-state index in [-0.39, 0.29) is 0 Å². The molecule has 66 valence electrons. The molecule has 0 amide bonds. The Hall–Kier alpha value is -1.05. The fourth-order valence-electron chi connectivity index (χ4n) is 1.21. The number of aryl methyl sites for hydroxylation is 1. The summed E-state index contributed by atoms with van der Waals surface area (Å²) in [4.78, 5) is 0. The Morgan fingerprint density at radius 1 is 1.33 bits per heavy atom. The fourth-order valence-corrected chi connectivity index (χ4v) is 1.21. The molecule has 1 aromatic heterocycles. The van der Waals surface area contributed by atoms with Crippen molar-refractivity contribution in [1.82, 2.24) is 0 Å². The average Bonchev–Trinajstić information content (AvgIpc) is 2.09. The number of rotatable bonds is 4. The van der Waals surface area contributed by atoms with Crippen LogP contribution in [0.25, 0.3) is 0 Å². The lowest BCUT2D eigenvalue weighted by Crippen LogP contribution is -2.30. The molecule has 0 radical (unpaired) electrons. The van der Waals surface area contributed by atoms with Crippen molar-refractivity contribution >= 4 is 0 Å². The van der Waals surface area contributed by atoms with Crippen molar-refractivity contribution in [3.05, 3.63) is 35.3 Å². The Morgan fingerprint density at radius 2 is 2.17 bits per heavy atom. The van der Waals surface area contributed by atoms with Crippen LogP contribution in [0.15, 0.2) is 24.4 Å². The molecule has 0 aromatic carbocycles. The first-order chi connectivity index (χ1) is 5.84. The number of hydrogen-bond donors (Lipinski definition) is 0. The van der Waals surface area contributed by atoms with Gasteiger partial charge in [-0.2, -0.15) is 4.73 Å². The van der Waals surface area contributed by atoms with Gasteiger partial charge in [0.05, 0.1) is 0 Å². The van der Waals surface area contributed by atoms with Gasteiger partial charge in [-0.15, -0.1) is 0 Å². The first kappa shape index (κ1) is 9.04. The molecule has 0 bridgehead atoms. The van der Waals surface area contributed by atoms with Gasteiger partial charge < -0.3 is 5.21 Å². The molecule has 0 N–H and O–H groups in total. The van der Waals surface area contributed by atoms with Crippen LogP contribution in [0.3, 0.4) is 0 Å². The Kier molecular flexibility index (Phi) is 3.58. The van der Waals surface area contributed by atoms with Gasteiger partial charge in [-0.1, -0.05) is 25.8 Å². The highest BCUT2D eigenvalue weighted by atomic mass is 16.5. The van der Waals surface area contributed by atoms with Gasteiger partial charge in [0.2, 0.25) is 0 Å². The second-order valence-electron chi connectivity index (χ2n) is 2.97. The first-order valence-corrected chi connectivity index (χ1v) is 4.51. The lowest BCUT2D eigenvalue weighted by Gasteiger charge is -2.02. The Labute approximate surface area is 73.4 Å². The van der Waals surface area contributed by atoms with Crippen LogP contribution in [-0.2, 0) is 6.42 Å². The number of pyridine rings is 1. The smallest absolute Gasteiger partial charge is 0.192 e. The summed E-state index contributed by atoms with van der Waals surface area (Å²) in [5.41, 5.74) is 0.881. The maximum atomic E-state index is 11.1. The molecule has 2 heteroatoms. The van der Waals surface area contributed by atoms with Crippen LogP contribution in [0.2, 0.25) is 0 Å². The summed E-state index contributed by atoms with van der Waals surface area (Å²) < 4.78 is 0.954. The molecular weight excluding hydrogens is 150 g/mol. The van der Waals surface area contributed by atoms with E-state index in [0.29, 0.717) is 0 Å². The van der Waals surface area contributed by atoms with Crippen LogP contribution in [-0.4, -0.2) is 0 Å². The SMILES string of the molecule is CCCCCc1cccc[n+]1[O-]. The number of aromatic nitrogens is 1. The standard InChI is InChI=1S/C10H15NO/c1-2-3-4-7-10-8-5-6-9-11(10)12/h5-6,8-9H,2-4,7H2,1H3. The van der Waals surface area contributed by atoms with E-state index < -0.39 is 0 Å². The molecule has 1 heterocycles. The van der Waals surface area contributed by atoms with E-state index in [1.54, 1.807) is 12.3 Å². The van der Waals surface area contributed by atoms with Crippen molar-refractivity contribution in [3.8, 4) is 0 Å². The molecule has 0 aliphatic rings. The summed E-state index contributed by atoms with van der Waals surface area (Å²) in [7, 11) is 0. The summed E-state index contributed by atoms with van der Waals surface area (Å²) in [6.07, 6.45) is 5.97. The van der Waals surface area contributed by atoms with E-state index in [2.05, 4.69) is 6.92 Å². The van der Waals surface area contributed by atoms with Crippen LogP contribution in [0.4, 0.5) is 0 Å². The van der Waals surface area contributed by atoms with Gasteiger partial charge in [-0.25, -0.2) is 0 Å². The molecule has 0 spiro atoms. The van der Waals surface area contributed by atoms with Crippen LogP contribution in [0, 0.1) is 5.21 Å². The fraction of sp³-hybridized carbons (Fsp3) is 0.500. The minimum Gasteiger partial charge on any atom is -0.619 e. The van der Waals surface area contributed by atoms with Crippen molar-refractivity contribution in [2.24, 2.45) is 0 Å². The second-order valence-corrected chi connectivity index (χ2v) is 2.97. The summed E-state index contributed by atoms with van der Waals surface area (Å²) >= 11 is 0. The van der Waals surface area contributed by atoms with Crippen molar-refractivity contribution in [1.29, 1.82) is 0 Å². The average molecular weight is 165 g/mol. The normalized spacial score (nSPS) is 10.1. The molecule has 0 atom stereocenters. The molecule has 0 fully saturated rings. The summed E-state index contributed by atoms with van der Waals surface area (Å²) in [6.45, 7) is 2.16. The predicted octanol–water partition coefficient (Wildman–Crippen LogP) is 2.05. The van der Waals surface area contributed by atoms with Crippen LogP contribution in [0.1, 0.15) is 31.9 Å². The zero-order valence-corrected chi connectivity index (χ0v) is 7.49. The van der Waals surface area contributed by atoms with E-state index >= 15 is 0 Å². The van der Waals surface area contributed by atoms with E-state index in [1.165, 1.54) is 12.8 Å². The van der Waals surface area contributed by atoms with Crippen LogP contribution >= 0.6 is 0 Å². The van der Waals surface area contributed by atoms with Gasteiger partial charge in [0.25, 0.3) is 0 Å². The molecule has 1 rings (SSSR count). The van der Waals surface area contributed by atoms with Crippen LogP contribution < -0.4 is 4.73 Å². The third-order valence-corrected chi connectivity index (χ3v) is 1.94. The monoisotopic (exact) mass is 165 g/mol. The van der Waals surface area contributed by atoms with Gasteiger partial charge in [0.1, 0.15) is 0 Å². The molecule has 0 unspecified atom stereocenters. The van der Waals surface area contributed by atoms with E-state index in [4.69, 9.17) is 0 Å². The summed E-state index contributed by atoms with van der Waals surface area (Å²) in [5.74, 6) is 0. The zero-order valence-electron chi connectivity index (χ0n) is 7.49. The molecular formula is C10H15NO. The van der Waals surface area contributed by atoms with Crippen molar-refractivity contribution < 1.29 is 4.73 Å². The Balaban J connectivity index is 2.46. The second kappa shape index (κ2) is 4.75. The highest BCUT2D eigenvalue weighted by Crippen LogP contribution is 2.01. The number of nitrogens with zero attached hydrogens (tertiary/aromatic N) is 1. The number of unbranched alkanes of at least 4 members (excludes halogenated alkanes) is 2. The summed E-state index contributed by atoms with van der Waals surface area (Å²) in [6, 6.07) is 5.56. The Morgan fingerprint density at radius 3 is 2.83 bits per heavy atom. The molecule has 1 aromatic rings. The van der Waals surface area contributed by atoms with Gasteiger partial charge in [0, 0.05) is 18.6 Å². The maximum Gasteiger partial charge on any atom is 0.192 e. The molecule has 0 saturated carbocycles. The predicted molar refractivity (Wildman–Crippen MR) is 48.6 cm³/mol. The van der Waals surface area contributed by atoms with Crippen molar-refractivity contribution in [3.63, 3.8) is 0 Å². The van der Waals surface area contributed by atoms with Crippen molar-refractivity contribution in [2.45, 2.75) is 32.6 Å². The lowest BCUT2D eigenvalue weighted by atomic mass is 10.1. The number of hydrogen-bond acceptors (Lipinski definition) is 1. The maximum absolute atomic E-state index is 11.1. The minimum absolute atomic E-state index is 0.881. The third kappa shape index (κ3) is 2.53. The molecule has 0 aliphatic heterocycles. The van der Waals surface area contributed by atoms with Crippen LogP contribution in [0.5, 0.6) is 0 Å². The van der Waals surface area contributed by atoms with Gasteiger partial charge in [-0.05, 0) is 6.42 Å². The third-order valence-electron chi connectivity index (χ3n) is 1.94. The quantitative estimate of drug-likeness (QED) is 0.381. The molecule has 0 saturated heterocycles. The summed E-state index contributed by atoms with van der Waals surface area (Å²) in [5, 5.41) is 11.1. The molecule has 12 heavy (non-hydrogen) atoms. The van der Waals surface area contributed by atoms with E-state index in [9.17, 15) is 5.21 Å². The lowest BCUT2D eigenvalue weighted by molar-refractivity contribution is -0.614. The topological polar surface area (TPSA) is 26.9 Å². The van der Waals surface area contributed by atoms with Gasteiger partial charge in [0.15, 0.2) is 11.9 Å². The van der Waals surface area contributed by atoms with Gasteiger partial charge in [-0.3, -0.25) is 0 Å². The highest BCUT2D eigenvalue weighted by molar-refractivity contribution is 4.97. The van der Waals surface area contributed by atoms with Gasteiger partial charge >= 0.3 is 0 Å². The minimum atomic E-state index is 0.881.